The molecule has 0 unspecified atom stereocenters. The second-order valence-electron chi connectivity index (χ2n) is 7.96. The minimum absolute atomic E-state index is 0.181. The van der Waals surface area contributed by atoms with E-state index in [1.54, 1.807) is 54.6 Å². The molecule has 1 fully saturated rings. The van der Waals surface area contributed by atoms with E-state index in [9.17, 15) is 24.6 Å². The molecule has 0 bridgehead atoms. The first-order valence-corrected chi connectivity index (χ1v) is 11.2. The van der Waals surface area contributed by atoms with Gasteiger partial charge in [0.05, 0.1) is 23.3 Å². The van der Waals surface area contributed by atoms with E-state index in [2.05, 4.69) is 0 Å². The highest BCUT2D eigenvalue weighted by atomic mass is 16.7. The van der Waals surface area contributed by atoms with Gasteiger partial charge >= 0.3 is 17.9 Å². The topological polar surface area (TPSA) is 129 Å². The van der Waals surface area contributed by atoms with E-state index in [-0.39, 0.29) is 16.7 Å². The average molecular weight is 492 g/mol. The van der Waals surface area contributed by atoms with Crippen LogP contribution in [0.3, 0.4) is 0 Å². The van der Waals surface area contributed by atoms with Gasteiger partial charge in [0.1, 0.15) is 6.10 Å². The third-order valence-electron chi connectivity index (χ3n) is 5.55. The van der Waals surface area contributed by atoms with Gasteiger partial charge in [0.15, 0.2) is 24.6 Å². The van der Waals surface area contributed by atoms with Crippen molar-refractivity contribution in [2.24, 2.45) is 0 Å². The molecule has 1 saturated heterocycles. The lowest BCUT2D eigenvalue weighted by Crippen LogP contribution is -2.62. The number of hydrogen-bond donors (Lipinski definition) is 2. The van der Waals surface area contributed by atoms with E-state index >= 15 is 0 Å². The third kappa shape index (κ3) is 5.77. The fraction of sp³-hybridized carbons (Fsp3) is 0.222. The molecule has 2 N–H and O–H groups in total. The van der Waals surface area contributed by atoms with E-state index in [4.69, 9.17) is 18.9 Å². The molecular weight excluding hydrogens is 468 g/mol. The van der Waals surface area contributed by atoms with Gasteiger partial charge in [-0.25, -0.2) is 14.4 Å². The highest BCUT2D eigenvalue weighted by Crippen LogP contribution is 2.29. The van der Waals surface area contributed by atoms with Crippen LogP contribution in [0, 0.1) is 0 Å². The molecule has 3 aromatic carbocycles. The number of esters is 3. The van der Waals surface area contributed by atoms with Gasteiger partial charge in [0, 0.05) is 0 Å². The van der Waals surface area contributed by atoms with E-state index in [0.717, 1.165) is 0 Å². The summed E-state index contributed by atoms with van der Waals surface area (Å²) >= 11 is 0. The first-order valence-electron chi connectivity index (χ1n) is 11.2. The summed E-state index contributed by atoms with van der Waals surface area (Å²) in [5.41, 5.74) is 0.562. The van der Waals surface area contributed by atoms with E-state index in [0.29, 0.717) is 0 Å². The van der Waals surface area contributed by atoms with Gasteiger partial charge in [-0.05, 0) is 36.4 Å². The maximum absolute atomic E-state index is 12.9. The van der Waals surface area contributed by atoms with Crippen LogP contribution < -0.4 is 0 Å². The Hall–Kier alpha value is -4.05. The molecule has 0 aliphatic carbocycles. The molecule has 4 rings (SSSR count). The number of aliphatic hydroxyl groups excluding tert-OH is 2. The number of aliphatic hydroxyl groups is 2. The molecule has 0 amide bonds. The van der Waals surface area contributed by atoms with Crippen LogP contribution >= 0.6 is 0 Å². The van der Waals surface area contributed by atoms with E-state index in [1.807, 2.05) is 0 Å². The van der Waals surface area contributed by atoms with Crippen molar-refractivity contribution in [2.45, 2.75) is 30.7 Å². The molecule has 3 aromatic rings. The highest BCUT2D eigenvalue weighted by Gasteiger charge is 2.52. The zero-order valence-electron chi connectivity index (χ0n) is 19.0. The smallest absolute Gasteiger partial charge is 0.338 e. The molecule has 36 heavy (non-hydrogen) atoms. The number of ether oxygens (including phenoxy) is 4. The minimum Gasteiger partial charge on any atom is -0.452 e. The number of benzene rings is 3. The fourth-order valence-corrected chi connectivity index (χ4v) is 3.74. The molecule has 0 radical (unpaired) electrons. The van der Waals surface area contributed by atoms with Crippen molar-refractivity contribution in [1.82, 2.24) is 0 Å². The van der Waals surface area contributed by atoms with Crippen molar-refractivity contribution in [1.29, 1.82) is 0 Å². The van der Waals surface area contributed by atoms with Crippen molar-refractivity contribution in [3.8, 4) is 0 Å². The second kappa shape index (κ2) is 11.6. The lowest BCUT2D eigenvalue weighted by molar-refractivity contribution is -0.284. The van der Waals surface area contributed by atoms with Gasteiger partial charge in [-0.2, -0.15) is 0 Å². The van der Waals surface area contributed by atoms with Crippen molar-refractivity contribution < 1.29 is 43.5 Å². The summed E-state index contributed by atoms with van der Waals surface area (Å²) in [5.74, 6) is -2.42. The van der Waals surface area contributed by atoms with E-state index in [1.165, 1.54) is 36.4 Å². The van der Waals surface area contributed by atoms with Gasteiger partial charge < -0.3 is 29.2 Å². The second-order valence-corrected chi connectivity index (χ2v) is 7.96. The SMILES string of the molecule is O=C(O[C@H]1[C@@H](OC(=O)c2ccccc2)[C@H](O)O[C@H](CO)[C@H]1OC(=O)c1ccccc1)c1ccccc1. The Morgan fingerprint density at radius 1 is 0.611 bits per heavy atom. The Kier molecular flexibility index (Phi) is 8.06. The van der Waals surface area contributed by atoms with Crippen LogP contribution in [-0.4, -0.2) is 65.4 Å². The zero-order valence-corrected chi connectivity index (χ0v) is 19.0. The number of rotatable bonds is 7. The van der Waals surface area contributed by atoms with Crippen LogP contribution in [0.2, 0.25) is 0 Å². The summed E-state index contributed by atoms with van der Waals surface area (Å²) in [6.45, 7) is -0.678. The fourth-order valence-electron chi connectivity index (χ4n) is 3.74. The number of carbonyl (C=O) groups is 3. The monoisotopic (exact) mass is 492 g/mol. The molecule has 0 spiro atoms. The van der Waals surface area contributed by atoms with Crippen molar-refractivity contribution in [3.05, 3.63) is 108 Å². The summed E-state index contributed by atoms with van der Waals surface area (Å²) in [7, 11) is 0. The van der Waals surface area contributed by atoms with E-state index < -0.39 is 55.2 Å². The van der Waals surface area contributed by atoms with Crippen LogP contribution in [0.15, 0.2) is 91.0 Å². The molecule has 9 nitrogen and oxygen atoms in total. The molecule has 0 saturated carbocycles. The molecule has 1 aliphatic rings. The Bertz CT molecular complexity index is 1170. The lowest BCUT2D eigenvalue weighted by Gasteiger charge is -2.42. The maximum atomic E-state index is 12.9. The summed E-state index contributed by atoms with van der Waals surface area (Å²) in [6, 6.07) is 24.0. The van der Waals surface area contributed by atoms with Crippen molar-refractivity contribution >= 4 is 17.9 Å². The summed E-state index contributed by atoms with van der Waals surface area (Å²) in [4.78, 5) is 38.5. The molecule has 1 heterocycles. The van der Waals surface area contributed by atoms with Gasteiger partial charge in [-0.15, -0.1) is 0 Å². The Morgan fingerprint density at radius 2 is 0.972 bits per heavy atom. The normalized spacial score (nSPS) is 23.3. The summed E-state index contributed by atoms with van der Waals surface area (Å²) in [6.07, 6.45) is -7.53. The Balaban J connectivity index is 1.66. The molecule has 9 heteroatoms. The van der Waals surface area contributed by atoms with Crippen LogP contribution in [0.5, 0.6) is 0 Å². The lowest BCUT2D eigenvalue weighted by atomic mass is 9.98. The van der Waals surface area contributed by atoms with Gasteiger partial charge in [-0.3, -0.25) is 0 Å². The predicted molar refractivity (Wildman–Crippen MR) is 125 cm³/mol. The third-order valence-corrected chi connectivity index (χ3v) is 5.55. The van der Waals surface area contributed by atoms with Crippen LogP contribution in [-0.2, 0) is 18.9 Å². The average Bonchev–Trinajstić information content (AvgIpc) is 2.93. The standard InChI is InChI=1S/C27H24O9/c28-16-20-21(34-24(29)17-10-4-1-5-11-17)22(35-25(30)18-12-6-2-7-13-18)23(27(32)33-20)36-26(31)19-14-8-3-9-15-19/h1-15,20-23,27-28,32H,16H2/t20-,21-,22-,23-,27-/m1/s1. The van der Waals surface area contributed by atoms with Crippen molar-refractivity contribution in [2.75, 3.05) is 6.61 Å². The summed E-state index contributed by atoms with van der Waals surface area (Å²) < 4.78 is 22.1. The number of hydrogen-bond acceptors (Lipinski definition) is 9. The van der Waals surface area contributed by atoms with Gasteiger partial charge in [0.25, 0.3) is 0 Å². The van der Waals surface area contributed by atoms with Crippen LogP contribution in [0.25, 0.3) is 0 Å². The molecule has 1 aliphatic heterocycles. The zero-order chi connectivity index (χ0) is 25.5. The van der Waals surface area contributed by atoms with Crippen LogP contribution in [0.1, 0.15) is 31.1 Å². The van der Waals surface area contributed by atoms with Crippen LogP contribution in [0.4, 0.5) is 0 Å². The van der Waals surface area contributed by atoms with Gasteiger partial charge in [0.2, 0.25) is 0 Å². The Labute approximate surface area is 206 Å². The largest absolute Gasteiger partial charge is 0.452 e. The quantitative estimate of drug-likeness (QED) is 0.377. The Morgan fingerprint density at radius 3 is 1.36 bits per heavy atom. The molecule has 5 atom stereocenters. The number of carbonyl (C=O) groups excluding carboxylic acids is 3. The first kappa shape index (κ1) is 25.1. The summed E-state index contributed by atoms with van der Waals surface area (Å²) in [5, 5.41) is 20.5. The maximum Gasteiger partial charge on any atom is 0.338 e. The molecule has 186 valence electrons. The molecular formula is C27H24O9. The van der Waals surface area contributed by atoms with Gasteiger partial charge in [-0.1, -0.05) is 54.6 Å². The molecule has 0 aromatic heterocycles. The van der Waals surface area contributed by atoms with Crippen molar-refractivity contribution in [3.63, 3.8) is 0 Å². The first-order chi connectivity index (χ1) is 17.5. The highest BCUT2D eigenvalue weighted by molar-refractivity contribution is 5.91. The minimum atomic E-state index is -1.78. The predicted octanol–water partition coefficient (Wildman–Crippen LogP) is 2.37.